The van der Waals surface area contributed by atoms with Gasteiger partial charge in [-0.05, 0) is 52.1 Å². The minimum Gasteiger partial charge on any atom is -0.314 e. The van der Waals surface area contributed by atoms with E-state index in [2.05, 4.69) is 29.4 Å². The molecule has 0 amide bonds. The highest BCUT2D eigenvalue weighted by molar-refractivity contribution is 4.84. The summed E-state index contributed by atoms with van der Waals surface area (Å²) < 4.78 is 0. The Hall–Kier alpha value is -0.120. The molecule has 2 rings (SSSR count). The second kappa shape index (κ2) is 6.72. The van der Waals surface area contributed by atoms with Crippen LogP contribution in [0.5, 0.6) is 0 Å². The first-order valence-electron chi connectivity index (χ1n) is 7.50. The van der Waals surface area contributed by atoms with E-state index in [1.807, 2.05) is 0 Å². The van der Waals surface area contributed by atoms with Crippen LogP contribution in [0.1, 0.15) is 46.0 Å². The minimum absolute atomic E-state index is 0.656. The predicted octanol–water partition coefficient (Wildman–Crippen LogP) is 1.59. The van der Waals surface area contributed by atoms with E-state index < -0.39 is 0 Å². The average molecular weight is 239 g/mol. The molecular formula is C14H29N3. The normalized spacial score (nSPS) is 26.6. The summed E-state index contributed by atoms with van der Waals surface area (Å²) in [6.45, 7) is 9.42. The van der Waals surface area contributed by atoms with Crippen molar-refractivity contribution in [3.05, 3.63) is 0 Å². The summed E-state index contributed by atoms with van der Waals surface area (Å²) in [5, 5.41) is 7.25. The van der Waals surface area contributed by atoms with E-state index in [0.29, 0.717) is 6.04 Å². The predicted molar refractivity (Wildman–Crippen MR) is 73.4 cm³/mol. The maximum Gasteiger partial charge on any atom is 0.0110 e. The Balaban J connectivity index is 1.53. The Labute approximate surface area is 106 Å². The van der Waals surface area contributed by atoms with Gasteiger partial charge in [-0.2, -0.15) is 0 Å². The van der Waals surface area contributed by atoms with Gasteiger partial charge in [-0.25, -0.2) is 0 Å². The Morgan fingerprint density at radius 2 is 2.18 bits per heavy atom. The molecule has 2 unspecified atom stereocenters. The molecule has 3 nitrogen and oxygen atoms in total. The summed E-state index contributed by atoms with van der Waals surface area (Å²) in [5.41, 5.74) is 0. The molecule has 1 saturated heterocycles. The van der Waals surface area contributed by atoms with Crippen molar-refractivity contribution in [3.8, 4) is 0 Å². The minimum atomic E-state index is 0.656. The molecule has 0 bridgehead atoms. The van der Waals surface area contributed by atoms with E-state index in [1.54, 1.807) is 0 Å². The maximum absolute atomic E-state index is 3.68. The molecular weight excluding hydrogens is 210 g/mol. The quantitative estimate of drug-likeness (QED) is 0.673. The Morgan fingerprint density at radius 3 is 2.76 bits per heavy atom. The summed E-state index contributed by atoms with van der Waals surface area (Å²) in [6, 6.07) is 2.33. The van der Waals surface area contributed by atoms with Gasteiger partial charge in [-0.3, -0.25) is 4.90 Å². The van der Waals surface area contributed by atoms with Crippen LogP contribution in [0.2, 0.25) is 0 Å². The van der Waals surface area contributed by atoms with Crippen molar-refractivity contribution in [2.75, 3.05) is 26.2 Å². The molecule has 0 radical (unpaired) electrons. The molecule has 2 atom stereocenters. The van der Waals surface area contributed by atoms with Crippen LogP contribution in [-0.2, 0) is 0 Å². The van der Waals surface area contributed by atoms with E-state index in [-0.39, 0.29) is 0 Å². The van der Waals surface area contributed by atoms with Crippen LogP contribution >= 0.6 is 0 Å². The fraction of sp³-hybridized carbons (Fsp3) is 1.00. The third kappa shape index (κ3) is 4.57. The van der Waals surface area contributed by atoms with Gasteiger partial charge in [0.05, 0.1) is 0 Å². The SMILES string of the molecule is CCN(CCNC(C)CC1CCCN1)C1CC1. The van der Waals surface area contributed by atoms with Gasteiger partial charge in [-0.15, -0.1) is 0 Å². The largest absolute Gasteiger partial charge is 0.314 e. The van der Waals surface area contributed by atoms with Crippen molar-refractivity contribution in [1.82, 2.24) is 15.5 Å². The molecule has 0 aromatic carbocycles. The maximum atomic E-state index is 3.68. The molecule has 0 aromatic rings. The van der Waals surface area contributed by atoms with E-state index in [4.69, 9.17) is 0 Å². The lowest BCUT2D eigenvalue weighted by atomic mass is 10.1. The van der Waals surface area contributed by atoms with E-state index in [1.165, 1.54) is 51.7 Å². The number of nitrogens with one attached hydrogen (secondary N) is 2. The van der Waals surface area contributed by atoms with Gasteiger partial charge in [0, 0.05) is 31.2 Å². The molecule has 1 aliphatic heterocycles. The topological polar surface area (TPSA) is 27.3 Å². The zero-order valence-corrected chi connectivity index (χ0v) is 11.5. The van der Waals surface area contributed by atoms with Gasteiger partial charge in [0.15, 0.2) is 0 Å². The van der Waals surface area contributed by atoms with Gasteiger partial charge in [0.2, 0.25) is 0 Å². The lowest BCUT2D eigenvalue weighted by Gasteiger charge is -2.23. The first-order chi connectivity index (χ1) is 8.29. The van der Waals surface area contributed by atoms with E-state index in [9.17, 15) is 0 Å². The Bertz CT molecular complexity index is 210. The van der Waals surface area contributed by atoms with Gasteiger partial charge < -0.3 is 10.6 Å². The van der Waals surface area contributed by atoms with Gasteiger partial charge in [-0.1, -0.05) is 6.92 Å². The highest BCUT2D eigenvalue weighted by Gasteiger charge is 2.27. The highest BCUT2D eigenvalue weighted by Crippen LogP contribution is 2.25. The zero-order chi connectivity index (χ0) is 12.1. The van der Waals surface area contributed by atoms with Crippen LogP contribution in [0.15, 0.2) is 0 Å². The summed E-state index contributed by atoms with van der Waals surface area (Å²) in [4.78, 5) is 2.62. The molecule has 1 saturated carbocycles. The Kier molecular flexibility index (Phi) is 5.26. The van der Waals surface area contributed by atoms with Crippen LogP contribution in [0.25, 0.3) is 0 Å². The molecule has 2 fully saturated rings. The van der Waals surface area contributed by atoms with Gasteiger partial charge >= 0.3 is 0 Å². The molecule has 17 heavy (non-hydrogen) atoms. The molecule has 2 aliphatic rings. The zero-order valence-electron chi connectivity index (χ0n) is 11.5. The lowest BCUT2D eigenvalue weighted by Crippen LogP contribution is -2.39. The standard InChI is InChI=1S/C14H29N3/c1-3-17(14-6-7-14)10-9-15-12(2)11-13-5-4-8-16-13/h12-16H,3-11H2,1-2H3. The molecule has 1 aliphatic carbocycles. The van der Waals surface area contributed by atoms with Crippen LogP contribution in [0.4, 0.5) is 0 Å². The first kappa shape index (κ1) is 13.3. The molecule has 3 heteroatoms. The first-order valence-corrected chi connectivity index (χ1v) is 7.50. The van der Waals surface area contributed by atoms with Crippen LogP contribution in [-0.4, -0.2) is 49.2 Å². The van der Waals surface area contributed by atoms with Crippen LogP contribution in [0.3, 0.4) is 0 Å². The van der Waals surface area contributed by atoms with Crippen LogP contribution < -0.4 is 10.6 Å². The summed E-state index contributed by atoms with van der Waals surface area (Å²) in [7, 11) is 0. The van der Waals surface area contributed by atoms with Crippen molar-refractivity contribution in [2.24, 2.45) is 0 Å². The van der Waals surface area contributed by atoms with Gasteiger partial charge in [0.25, 0.3) is 0 Å². The molecule has 1 heterocycles. The fourth-order valence-electron chi connectivity index (χ4n) is 2.96. The van der Waals surface area contributed by atoms with Crippen molar-refractivity contribution < 1.29 is 0 Å². The summed E-state index contributed by atoms with van der Waals surface area (Å²) in [6.07, 6.45) is 6.87. The Morgan fingerprint density at radius 1 is 1.35 bits per heavy atom. The molecule has 0 aromatic heterocycles. The summed E-state index contributed by atoms with van der Waals surface area (Å²) in [5.74, 6) is 0. The van der Waals surface area contributed by atoms with Gasteiger partial charge in [0.1, 0.15) is 0 Å². The van der Waals surface area contributed by atoms with Crippen molar-refractivity contribution >= 4 is 0 Å². The lowest BCUT2D eigenvalue weighted by molar-refractivity contribution is 0.270. The number of likely N-dealkylation sites (N-methyl/N-ethyl adjacent to an activating group) is 1. The molecule has 2 N–H and O–H groups in total. The second-order valence-electron chi connectivity index (χ2n) is 5.74. The molecule has 0 spiro atoms. The number of rotatable bonds is 8. The highest BCUT2D eigenvalue weighted by atomic mass is 15.2. The molecule has 100 valence electrons. The van der Waals surface area contributed by atoms with Crippen molar-refractivity contribution in [3.63, 3.8) is 0 Å². The van der Waals surface area contributed by atoms with Crippen molar-refractivity contribution in [1.29, 1.82) is 0 Å². The average Bonchev–Trinajstić information content (AvgIpc) is 3.03. The third-order valence-corrected chi connectivity index (χ3v) is 4.16. The van der Waals surface area contributed by atoms with E-state index >= 15 is 0 Å². The van der Waals surface area contributed by atoms with E-state index in [0.717, 1.165) is 18.6 Å². The number of hydrogen-bond donors (Lipinski definition) is 2. The number of hydrogen-bond acceptors (Lipinski definition) is 3. The summed E-state index contributed by atoms with van der Waals surface area (Å²) >= 11 is 0. The third-order valence-electron chi connectivity index (χ3n) is 4.16. The van der Waals surface area contributed by atoms with Crippen molar-refractivity contribution in [2.45, 2.75) is 64.1 Å². The fourth-order valence-corrected chi connectivity index (χ4v) is 2.96. The second-order valence-corrected chi connectivity index (χ2v) is 5.74. The smallest absolute Gasteiger partial charge is 0.0110 e. The number of nitrogens with zero attached hydrogens (tertiary/aromatic N) is 1. The van der Waals surface area contributed by atoms with Crippen LogP contribution in [0, 0.1) is 0 Å². The monoisotopic (exact) mass is 239 g/mol.